The van der Waals surface area contributed by atoms with Crippen molar-refractivity contribution in [2.45, 2.75) is 78.1 Å². The molecule has 1 aromatic heterocycles. The van der Waals surface area contributed by atoms with Gasteiger partial charge in [-0.1, -0.05) is 19.9 Å². The third-order valence-electron chi connectivity index (χ3n) is 10.3. The lowest BCUT2D eigenvalue weighted by Crippen LogP contribution is -2.52. The lowest BCUT2D eigenvalue weighted by atomic mass is 9.46. The minimum Gasteiger partial charge on any atom is -0.497 e. The van der Waals surface area contributed by atoms with E-state index in [0.717, 1.165) is 48.7 Å². The van der Waals surface area contributed by atoms with Crippen LogP contribution in [0.1, 0.15) is 82.2 Å². The first-order chi connectivity index (χ1) is 16.8. The summed E-state index contributed by atoms with van der Waals surface area (Å²) in [5, 5.41) is 0.778. The highest BCUT2D eigenvalue weighted by Gasteiger charge is 2.60. The van der Waals surface area contributed by atoms with Crippen LogP contribution in [0.3, 0.4) is 0 Å². The van der Waals surface area contributed by atoms with E-state index in [-0.39, 0.29) is 16.7 Å². The van der Waals surface area contributed by atoms with Crippen LogP contribution in [0.25, 0.3) is 0 Å². The van der Waals surface area contributed by atoms with Crippen LogP contribution in [-0.4, -0.2) is 23.8 Å². The van der Waals surface area contributed by atoms with E-state index < -0.39 is 0 Å². The molecule has 0 saturated heterocycles. The molecule has 3 fully saturated rings. The fourth-order valence-electron chi connectivity index (χ4n) is 8.48. The number of carbonyl (C=O) groups is 2. The van der Waals surface area contributed by atoms with Crippen molar-refractivity contribution in [2.24, 2.45) is 28.6 Å². The van der Waals surface area contributed by atoms with Gasteiger partial charge in [-0.2, -0.15) is 0 Å². The van der Waals surface area contributed by atoms with E-state index >= 15 is 0 Å². The zero-order chi connectivity index (χ0) is 24.5. The zero-order valence-electron chi connectivity index (χ0n) is 21.3. The summed E-state index contributed by atoms with van der Waals surface area (Å²) in [5.74, 6) is 3.66. The fraction of sp³-hybridized carbons (Fsp3) is 0.621. The SMILES string of the molecule is COc1cccc(N(C(C)=O)c2nc3c(s2)C2CC[C@@H]4[C@H](CC[C@]5(C)C(=O)CC[C@@H]45)[C@@]2(C)CC3)c1. The Kier molecular flexibility index (Phi) is 5.41. The second-order valence-electron chi connectivity index (χ2n) is 11.8. The van der Waals surface area contributed by atoms with Crippen molar-refractivity contribution in [3.8, 4) is 5.75 Å². The standard InChI is InChI=1S/C29H36N2O3S/c1-17(32)31(18-6-5-7-19(16-18)34-4)27-30-24-13-15-28(2)22-12-14-29(3)21(10-11-25(29)33)20(22)8-9-23(28)26(24)35-27/h5-7,16,20-23H,8-15H2,1-4H3/t20-,21-,22-,23?,28+,29-/m0/s1. The van der Waals surface area contributed by atoms with E-state index in [1.807, 2.05) is 24.3 Å². The monoisotopic (exact) mass is 492 g/mol. The maximum Gasteiger partial charge on any atom is 0.230 e. The Balaban J connectivity index is 1.33. The van der Waals surface area contributed by atoms with Crippen LogP contribution in [0.15, 0.2) is 24.3 Å². The average molecular weight is 493 g/mol. The molecular formula is C29H36N2O3S. The van der Waals surface area contributed by atoms with Crippen LogP contribution in [0.4, 0.5) is 10.8 Å². The molecule has 1 heterocycles. The largest absolute Gasteiger partial charge is 0.497 e. The minimum atomic E-state index is -0.0689. The number of anilines is 2. The van der Waals surface area contributed by atoms with E-state index in [0.29, 0.717) is 29.5 Å². The van der Waals surface area contributed by atoms with Crippen molar-refractivity contribution in [1.29, 1.82) is 0 Å². The lowest BCUT2D eigenvalue weighted by molar-refractivity contribution is -0.134. The topological polar surface area (TPSA) is 59.5 Å². The van der Waals surface area contributed by atoms with E-state index in [1.54, 1.807) is 30.3 Å². The fourth-order valence-corrected chi connectivity index (χ4v) is 9.95. The molecule has 6 rings (SSSR count). The molecule has 0 bridgehead atoms. The smallest absolute Gasteiger partial charge is 0.230 e. The van der Waals surface area contributed by atoms with Crippen LogP contribution in [0.5, 0.6) is 5.75 Å². The number of ether oxygens (including phenoxy) is 1. The molecule has 6 atom stereocenters. The van der Waals surface area contributed by atoms with E-state index in [2.05, 4.69) is 13.8 Å². The highest BCUT2D eigenvalue weighted by Crippen LogP contribution is 2.67. The van der Waals surface area contributed by atoms with Gasteiger partial charge in [0.1, 0.15) is 11.5 Å². The van der Waals surface area contributed by atoms with Crippen LogP contribution in [0, 0.1) is 28.6 Å². The average Bonchev–Trinajstić information content (AvgIpc) is 3.39. The Morgan fingerprint density at radius 3 is 2.71 bits per heavy atom. The number of ketones is 1. The highest BCUT2D eigenvalue weighted by atomic mass is 32.1. The summed E-state index contributed by atoms with van der Waals surface area (Å²) < 4.78 is 5.40. The molecule has 1 amide bonds. The molecule has 0 aliphatic heterocycles. The maximum absolute atomic E-state index is 12.8. The number of rotatable bonds is 3. The van der Waals surface area contributed by atoms with Gasteiger partial charge in [0.25, 0.3) is 0 Å². The van der Waals surface area contributed by atoms with Crippen LogP contribution < -0.4 is 9.64 Å². The molecule has 1 aromatic carbocycles. The van der Waals surface area contributed by atoms with Crippen molar-refractivity contribution in [3.05, 3.63) is 34.8 Å². The summed E-state index contributed by atoms with van der Waals surface area (Å²) in [6.45, 7) is 6.40. The molecule has 6 heteroatoms. The van der Waals surface area contributed by atoms with Gasteiger partial charge in [-0.25, -0.2) is 4.98 Å². The van der Waals surface area contributed by atoms with Gasteiger partial charge in [-0.3, -0.25) is 14.5 Å². The predicted octanol–water partition coefficient (Wildman–Crippen LogP) is 6.68. The van der Waals surface area contributed by atoms with Crippen LogP contribution in [0.2, 0.25) is 0 Å². The number of benzene rings is 1. The van der Waals surface area contributed by atoms with Gasteiger partial charge in [0.15, 0.2) is 5.13 Å². The molecule has 0 spiro atoms. The zero-order valence-corrected chi connectivity index (χ0v) is 22.1. The maximum atomic E-state index is 12.8. The Morgan fingerprint density at radius 2 is 1.94 bits per heavy atom. The first-order valence-corrected chi connectivity index (χ1v) is 14.1. The quantitative estimate of drug-likeness (QED) is 0.480. The Hall–Kier alpha value is -2.21. The van der Waals surface area contributed by atoms with Gasteiger partial charge in [0.05, 0.1) is 18.5 Å². The van der Waals surface area contributed by atoms with Gasteiger partial charge in [-0.05, 0) is 80.2 Å². The summed E-state index contributed by atoms with van der Waals surface area (Å²) in [4.78, 5) is 33.7. The number of methoxy groups -OCH3 is 1. The number of hydrogen-bond donors (Lipinski definition) is 0. The molecular weight excluding hydrogens is 456 g/mol. The third-order valence-corrected chi connectivity index (χ3v) is 11.5. The highest BCUT2D eigenvalue weighted by molar-refractivity contribution is 7.16. The molecule has 0 N–H and O–H groups in total. The van der Waals surface area contributed by atoms with Gasteiger partial charge < -0.3 is 4.74 Å². The summed E-state index contributed by atoms with van der Waals surface area (Å²) in [5.41, 5.74) is 2.17. The molecule has 35 heavy (non-hydrogen) atoms. The third kappa shape index (κ3) is 3.35. The Morgan fingerprint density at radius 1 is 1.11 bits per heavy atom. The van der Waals surface area contributed by atoms with Gasteiger partial charge >= 0.3 is 0 Å². The van der Waals surface area contributed by atoms with E-state index in [1.165, 1.54) is 29.8 Å². The number of aryl methyl sites for hydroxylation is 1. The van der Waals surface area contributed by atoms with Gasteiger partial charge in [0, 0.05) is 35.6 Å². The number of amides is 1. The Labute approximate surface area is 212 Å². The number of carbonyl (C=O) groups excluding carboxylic acids is 2. The summed E-state index contributed by atoms with van der Waals surface area (Å²) >= 11 is 1.72. The van der Waals surface area contributed by atoms with Crippen molar-refractivity contribution >= 4 is 33.8 Å². The number of fused-ring (bicyclic) bond motifs is 7. The molecule has 4 aliphatic rings. The molecule has 2 aromatic rings. The van der Waals surface area contributed by atoms with Crippen molar-refractivity contribution in [2.75, 3.05) is 12.0 Å². The van der Waals surface area contributed by atoms with E-state index in [9.17, 15) is 9.59 Å². The lowest BCUT2D eigenvalue weighted by Gasteiger charge is -2.59. The van der Waals surface area contributed by atoms with Gasteiger partial charge in [0.2, 0.25) is 5.91 Å². The van der Waals surface area contributed by atoms with Crippen LogP contribution in [-0.2, 0) is 16.0 Å². The number of hydrogen-bond acceptors (Lipinski definition) is 5. The number of aromatic nitrogens is 1. The molecule has 0 radical (unpaired) electrons. The molecule has 1 unspecified atom stereocenters. The number of nitrogens with zero attached hydrogens (tertiary/aromatic N) is 2. The first-order valence-electron chi connectivity index (χ1n) is 13.2. The second-order valence-corrected chi connectivity index (χ2v) is 12.8. The normalized spacial score (nSPS) is 35.5. The van der Waals surface area contributed by atoms with Crippen molar-refractivity contribution in [1.82, 2.24) is 4.98 Å². The number of thiazole rings is 1. The second kappa shape index (κ2) is 8.16. The molecule has 3 saturated carbocycles. The van der Waals surface area contributed by atoms with Gasteiger partial charge in [-0.15, -0.1) is 11.3 Å². The molecule has 186 valence electrons. The predicted molar refractivity (Wildman–Crippen MR) is 138 cm³/mol. The number of Topliss-reactive ketones (excluding diaryl/α,β-unsaturated/α-hetero) is 1. The minimum absolute atomic E-state index is 0.0340. The van der Waals surface area contributed by atoms with Crippen LogP contribution >= 0.6 is 11.3 Å². The molecule has 5 nitrogen and oxygen atoms in total. The molecule has 4 aliphatic carbocycles. The van der Waals surface area contributed by atoms with Crippen molar-refractivity contribution < 1.29 is 14.3 Å². The first kappa shape index (κ1) is 23.2. The summed E-state index contributed by atoms with van der Waals surface area (Å²) in [7, 11) is 1.64. The summed E-state index contributed by atoms with van der Waals surface area (Å²) in [6, 6.07) is 7.66. The Bertz CT molecular complexity index is 1190. The van der Waals surface area contributed by atoms with Crippen molar-refractivity contribution in [3.63, 3.8) is 0 Å². The van der Waals surface area contributed by atoms with E-state index in [4.69, 9.17) is 9.72 Å². The summed E-state index contributed by atoms with van der Waals surface area (Å²) in [6.07, 6.45) is 8.66.